The molecule has 1 aliphatic rings. The highest BCUT2D eigenvalue weighted by Gasteiger charge is 2.43. The lowest BCUT2D eigenvalue weighted by Gasteiger charge is -2.08. The molecule has 1 heterocycles. The summed E-state index contributed by atoms with van der Waals surface area (Å²) >= 11 is 0. The monoisotopic (exact) mass is 247 g/mol. The van der Waals surface area contributed by atoms with Crippen LogP contribution in [0.3, 0.4) is 0 Å². The maximum absolute atomic E-state index is 13.9. The first-order valence-corrected chi connectivity index (χ1v) is 5.81. The molecule has 1 aromatic carbocycles. The van der Waals surface area contributed by atoms with E-state index in [4.69, 9.17) is 10.5 Å². The van der Waals surface area contributed by atoms with Crippen LogP contribution in [0.1, 0.15) is 18.7 Å². The number of rotatable bonds is 3. The van der Waals surface area contributed by atoms with Crippen molar-refractivity contribution in [1.82, 2.24) is 9.97 Å². The van der Waals surface area contributed by atoms with Crippen LogP contribution in [-0.2, 0) is 5.54 Å². The number of imidazole rings is 1. The highest BCUT2D eigenvalue weighted by atomic mass is 19.1. The summed E-state index contributed by atoms with van der Waals surface area (Å²) in [5, 5.41) is 0. The Morgan fingerprint density at radius 3 is 2.89 bits per heavy atom. The Kier molecular flexibility index (Phi) is 2.38. The molecule has 0 spiro atoms. The second kappa shape index (κ2) is 3.81. The third-order valence-electron chi connectivity index (χ3n) is 3.30. The van der Waals surface area contributed by atoms with Gasteiger partial charge in [0.25, 0.3) is 0 Å². The van der Waals surface area contributed by atoms with Crippen molar-refractivity contribution in [2.45, 2.75) is 18.4 Å². The van der Waals surface area contributed by atoms with Gasteiger partial charge < -0.3 is 15.5 Å². The summed E-state index contributed by atoms with van der Waals surface area (Å²) in [6.45, 7) is 0. The second-order valence-corrected chi connectivity index (χ2v) is 4.62. The molecule has 18 heavy (non-hydrogen) atoms. The largest absolute Gasteiger partial charge is 0.496 e. The molecule has 0 amide bonds. The van der Waals surface area contributed by atoms with Crippen molar-refractivity contribution >= 4 is 0 Å². The fourth-order valence-corrected chi connectivity index (χ4v) is 2.01. The Hall–Kier alpha value is -1.88. The highest BCUT2D eigenvalue weighted by molar-refractivity contribution is 5.67. The summed E-state index contributed by atoms with van der Waals surface area (Å²) in [6, 6.07) is 4.72. The van der Waals surface area contributed by atoms with Crippen molar-refractivity contribution in [2.75, 3.05) is 7.11 Å². The first-order chi connectivity index (χ1) is 8.64. The van der Waals surface area contributed by atoms with Crippen LogP contribution in [-0.4, -0.2) is 17.1 Å². The molecular formula is C13H14FN3O. The van der Waals surface area contributed by atoms with Crippen LogP contribution in [0.2, 0.25) is 0 Å². The van der Waals surface area contributed by atoms with E-state index in [0.29, 0.717) is 22.8 Å². The summed E-state index contributed by atoms with van der Waals surface area (Å²) in [4.78, 5) is 7.33. The molecule has 0 bridgehead atoms. The molecule has 5 heteroatoms. The van der Waals surface area contributed by atoms with Gasteiger partial charge in [0.1, 0.15) is 17.4 Å². The fourth-order valence-electron chi connectivity index (χ4n) is 2.01. The van der Waals surface area contributed by atoms with E-state index >= 15 is 0 Å². The number of aromatic nitrogens is 2. The lowest BCUT2D eigenvalue weighted by Crippen LogP contribution is -2.20. The van der Waals surface area contributed by atoms with Crippen LogP contribution in [0.4, 0.5) is 4.39 Å². The minimum Gasteiger partial charge on any atom is -0.496 e. The Morgan fingerprint density at radius 2 is 2.22 bits per heavy atom. The number of hydrogen-bond donors (Lipinski definition) is 2. The van der Waals surface area contributed by atoms with E-state index < -0.39 is 0 Å². The van der Waals surface area contributed by atoms with Crippen LogP contribution in [0.15, 0.2) is 24.4 Å². The summed E-state index contributed by atoms with van der Waals surface area (Å²) in [6.07, 6.45) is 3.42. The van der Waals surface area contributed by atoms with E-state index in [-0.39, 0.29) is 11.4 Å². The predicted molar refractivity (Wildman–Crippen MR) is 65.6 cm³/mol. The van der Waals surface area contributed by atoms with Gasteiger partial charge in [-0.1, -0.05) is 6.07 Å². The Labute approximate surface area is 104 Å². The number of aromatic amines is 1. The zero-order valence-electron chi connectivity index (χ0n) is 10.0. The third kappa shape index (κ3) is 1.67. The average Bonchev–Trinajstić information content (AvgIpc) is 2.93. The quantitative estimate of drug-likeness (QED) is 0.873. The molecule has 0 atom stereocenters. The molecule has 0 unspecified atom stereocenters. The van der Waals surface area contributed by atoms with Gasteiger partial charge in [0.05, 0.1) is 30.1 Å². The van der Waals surface area contributed by atoms with Gasteiger partial charge in [0, 0.05) is 0 Å². The molecule has 4 nitrogen and oxygen atoms in total. The van der Waals surface area contributed by atoms with Crippen molar-refractivity contribution < 1.29 is 9.13 Å². The van der Waals surface area contributed by atoms with E-state index in [1.165, 1.54) is 13.2 Å². The Balaban J connectivity index is 2.07. The van der Waals surface area contributed by atoms with Crippen molar-refractivity contribution in [2.24, 2.45) is 5.73 Å². The topological polar surface area (TPSA) is 63.9 Å². The molecule has 2 aromatic rings. The van der Waals surface area contributed by atoms with Crippen molar-refractivity contribution in [3.05, 3.63) is 36.0 Å². The van der Waals surface area contributed by atoms with Gasteiger partial charge in [0.15, 0.2) is 0 Å². The number of nitrogens with zero attached hydrogens (tertiary/aromatic N) is 1. The van der Waals surface area contributed by atoms with Crippen molar-refractivity contribution in [3.8, 4) is 17.0 Å². The van der Waals surface area contributed by atoms with Gasteiger partial charge in [0.2, 0.25) is 0 Å². The smallest absolute Gasteiger partial charge is 0.136 e. The maximum atomic E-state index is 13.9. The van der Waals surface area contributed by atoms with E-state index in [0.717, 1.165) is 12.8 Å². The number of nitrogens with two attached hydrogens (primary N) is 1. The molecule has 0 radical (unpaired) electrons. The standard InChI is InChI=1S/C13H14FN3O/c1-18-10-4-2-3-8(14)11(10)9-7-16-12(17-9)13(15)5-6-13/h2-4,7H,5-6,15H2,1H3,(H,16,17). The predicted octanol–water partition coefficient (Wildman–Crippen LogP) is 2.17. The lowest BCUT2D eigenvalue weighted by molar-refractivity contribution is 0.413. The number of hydrogen-bond acceptors (Lipinski definition) is 3. The van der Waals surface area contributed by atoms with Gasteiger partial charge in [-0.15, -0.1) is 0 Å². The molecular weight excluding hydrogens is 233 g/mol. The summed E-state index contributed by atoms with van der Waals surface area (Å²) in [5.74, 6) is 0.848. The van der Waals surface area contributed by atoms with Gasteiger partial charge in [-0.25, -0.2) is 9.37 Å². The summed E-state index contributed by atoms with van der Waals surface area (Å²) in [5.41, 5.74) is 6.68. The van der Waals surface area contributed by atoms with E-state index in [1.54, 1.807) is 18.3 Å². The minimum absolute atomic E-state index is 0.341. The molecule has 1 aromatic heterocycles. The molecule has 94 valence electrons. The second-order valence-electron chi connectivity index (χ2n) is 4.62. The van der Waals surface area contributed by atoms with Gasteiger partial charge in [-0.3, -0.25) is 0 Å². The number of nitrogens with one attached hydrogen (secondary N) is 1. The first-order valence-electron chi connectivity index (χ1n) is 5.81. The van der Waals surface area contributed by atoms with Crippen LogP contribution in [0.25, 0.3) is 11.3 Å². The zero-order valence-corrected chi connectivity index (χ0v) is 10.0. The lowest BCUT2D eigenvalue weighted by atomic mass is 10.1. The molecule has 1 fully saturated rings. The molecule has 1 saturated carbocycles. The number of methoxy groups -OCH3 is 1. The summed E-state index contributed by atoms with van der Waals surface area (Å²) < 4.78 is 19.1. The maximum Gasteiger partial charge on any atom is 0.136 e. The highest BCUT2D eigenvalue weighted by Crippen LogP contribution is 2.42. The third-order valence-corrected chi connectivity index (χ3v) is 3.30. The average molecular weight is 247 g/mol. The number of benzene rings is 1. The van der Waals surface area contributed by atoms with Gasteiger partial charge in [-0.05, 0) is 25.0 Å². The molecule has 3 N–H and O–H groups in total. The molecule has 3 rings (SSSR count). The van der Waals surface area contributed by atoms with E-state index in [2.05, 4.69) is 9.97 Å². The fraction of sp³-hybridized carbons (Fsp3) is 0.308. The van der Waals surface area contributed by atoms with Crippen molar-refractivity contribution in [3.63, 3.8) is 0 Å². The Bertz CT molecular complexity index is 590. The number of halogens is 1. The van der Waals surface area contributed by atoms with Crippen LogP contribution >= 0.6 is 0 Å². The first kappa shape index (κ1) is 11.2. The van der Waals surface area contributed by atoms with E-state index in [9.17, 15) is 4.39 Å². The molecule has 0 aliphatic heterocycles. The van der Waals surface area contributed by atoms with Crippen molar-refractivity contribution in [1.29, 1.82) is 0 Å². The van der Waals surface area contributed by atoms with Crippen LogP contribution in [0.5, 0.6) is 5.75 Å². The van der Waals surface area contributed by atoms with Gasteiger partial charge in [-0.2, -0.15) is 0 Å². The van der Waals surface area contributed by atoms with Crippen LogP contribution in [0, 0.1) is 5.82 Å². The minimum atomic E-state index is -0.350. The SMILES string of the molecule is COc1cccc(F)c1-c1cnc(C2(N)CC2)[nH]1. The van der Waals surface area contributed by atoms with Crippen LogP contribution < -0.4 is 10.5 Å². The van der Waals surface area contributed by atoms with Gasteiger partial charge >= 0.3 is 0 Å². The number of ether oxygens (including phenoxy) is 1. The normalized spacial score (nSPS) is 16.6. The summed E-state index contributed by atoms with van der Waals surface area (Å²) in [7, 11) is 1.51. The van der Waals surface area contributed by atoms with E-state index in [1.807, 2.05) is 0 Å². The molecule has 0 saturated heterocycles. The molecule has 1 aliphatic carbocycles. The number of H-pyrrole nitrogens is 1. The Morgan fingerprint density at radius 1 is 1.44 bits per heavy atom. The zero-order chi connectivity index (χ0) is 12.8.